The molecule has 0 fully saturated rings. The van der Waals surface area contributed by atoms with Crippen molar-refractivity contribution < 1.29 is 46.7 Å². The molecular formula is C34H34F4O6. The lowest BCUT2D eigenvalue weighted by molar-refractivity contribution is -0.170. The number of halogens is 4. The number of aliphatic hydroxyl groups excluding tert-OH is 2. The normalized spacial score (nSPS) is 14.2. The van der Waals surface area contributed by atoms with Crippen LogP contribution in [-0.2, 0) is 45.4 Å². The van der Waals surface area contributed by atoms with Gasteiger partial charge in [-0.05, 0) is 23.3 Å². The molecule has 0 spiro atoms. The first-order valence-electron chi connectivity index (χ1n) is 14.0. The van der Waals surface area contributed by atoms with E-state index in [1.165, 1.54) is 12.1 Å². The Balaban J connectivity index is 1.48. The third-order valence-electron chi connectivity index (χ3n) is 6.84. The summed E-state index contributed by atoms with van der Waals surface area (Å²) >= 11 is 0. The molecular weight excluding hydrogens is 580 g/mol. The molecule has 4 aromatic carbocycles. The highest BCUT2D eigenvalue weighted by Gasteiger charge is 2.34. The van der Waals surface area contributed by atoms with Gasteiger partial charge in [-0.2, -0.15) is 0 Å². The Bertz CT molecular complexity index is 1320. The minimum absolute atomic E-state index is 0.0342. The predicted octanol–water partition coefficient (Wildman–Crippen LogP) is 5.87. The topological polar surface area (TPSA) is 77.4 Å². The van der Waals surface area contributed by atoms with E-state index in [2.05, 4.69) is 0 Å². The molecule has 10 heteroatoms. The van der Waals surface area contributed by atoms with Crippen molar-refractivity contribution in [2.75, 3.05) is 13.2 Å². The van der Waals surface area contributed by atoms with Gasteiger partial charge in [-0.3, -0.25) is 0 Å². The van der Waals surface area contributed by atoms with Gasteiger partial charge in [0, 0.05) is 23.3 Å². The van der Waals surface area contributed by atoms with Gasteiger partial charge in [0.2, 0.25) is 0 Å². The minimum atomic E-state index is -1.64. The molecule has 0 aliphatic rings. The van der Waals surface area contributed by atoms with Gasteiger partial charge in [0.05, 0.1) is 39.6 Å². The summed E-state index contributed by atoms with van der Waals surface area (Å²) in [6, 6.07) is 24.5. The van der Waals surface area contributed by atoms with Crippen LogP contribution in [-0.4, -0.2) is 47.8 Å². The first kappa shape index (κ1) is 33.3. The van der Waals surface area contributed by atoms with Gasteiger partial charge in [0.15, 0.2) is 0 Å². The van der Waals surface area contributed by atoms with Crippen LogP contribution in [0, 0.1) is 23.3 Å². The van der Waals surface area contributed by atoms with Crippen LogP contribution in [0.4, 0.5) is 17.6 Å². The predicted molar refractivity (Wildman–Crippen MR) is 154 cm³/mol. The quantitative estimate of drug-likeness (QED) is 0.145. The molecule has 0 radical (unpaired) electrons. The number of hydrogen-bond donors (Lipinski definition) is 2. The summed E-state index contributed by atoms with van der Waals surface area (Å²) in [5.74, 6) is -3.17. The average molecular weight is 615 g/mol. The van der Waals surface area contributed by atoms with Gasteiger partial charge in [0.25, 0.3) is 0 Å². The fraction of sp³-hybridized carbons (Fsp3) is 0.294. The van der Waals surface area contributed by atoms with E-state index >= 15 is 0 Å². The van der Waals surface area contributed by atoms with E-state index < -0.39 is 47.7 Å². The highest BCUT2D eigenvalue weighted by atomic mass is 19.1. The number of hydrogen-bond acceptors (Lipinski definition) is 6. The lowest BCUT2D eigenvalue weighted by Crippen LogP contribution is -2.49. The third kappa shape index (κ3) is 10.2. The van der Waals surface area contributed by atoms with Crippen LogP contribution in [0.25, 0.3) is 0 Å². The van der Waals surface area contributed by atoms with E-state index in [9.17, 15) is 27.8 Å². The standard InChI is InChI=1S/C34H34F4O6/c35-27-13-11-25(29(37)15-27)19-43-31(21-41-17-23-7-3-1-4-8-23)33(39)34(40)32(22-42-18-24-9-5-2-6-10-24)44-20-26-12-14-28(36)16-30(26)38/h1-16,31-34,39-40H,17-22H2/t31-,32-,33-,34-/m1/s1. The van der Waals surface area contributed by atoms with Crippen LogP contribution in [0.15, 0.2) is 97.1 Å². The molecule has 0 heterocycles. The summed E-state index contributed by atoms with van der Waals surface area (Å²) in [7, 11) is 0. The van der Waals surface area contributed by atoms with Gasteiger partial charge in [-0.1, -0.05) is 72.8 Å². The van der Waals surface area contributed by atoms with E-state index in [1.807, 2.05) is 60.7 Å². The SMILES string of the molecule is O[C@@H]([C@H](O)[C@@H](COCc1ccccc1)OCc1ccc(F)cc1F)[C@@H](COCc1ccccc1)OCc1ccc(F)cc1F. The van der Waals surface area contributed by atoms with Gasteiger partial charge in [-0.15, -0.1) is 0 Å². The Labute approximate surface area is 253 Å². The van der Waals surface area contributed by atoms with Crippen LogP contribution in [0.3, 0.4) is 0 Å². The van der Waals surface area contributed by atoms with E-state index in [1.54, 1.807) is 0 Å². The van der Waals surface area contributed by atoms with Crippen LogP contribution in [0.5, 0.6) is 0 Å². The lowest BCUT2D eigenvalue weighted by atomic mass is 10.0. The number of benzene rings is 4. The molecule has 0 bridgehead atoms. The molecule has 0 amide bonds. The molecule has 0 aromatic heterocycles. The summed E-state index contributed by atoms with van der Waals surface area (Å²) < 4.78 is 78.5. The largest absolute Gasteiger partial charge is 0.388 e. The molecule has 0 saturated carbocycles. The summed E-state index contributed by atoms with van der Waals surface area (Å²) in [4.78, 5) is 0. The van der Waals surface area contributed by atoms with Gasteiger partial charge < -0.3 is 29.2 Å². The molecule has 0 unspecified atom stereocenters. The number of ether oxygens (including phenoxy) is 4. The van der Waals surface area contributed by atoms with Gasteiger partial charge in [-0.25, -0.2) is 17.6 Å². The Kier molecular flexibility index (Phi) is 12.9. The lowest BCUT2D eigenvalue weighted by Gasteiger charge is -2.32. The van der Waals surface area contributed by atoms with Crippen molar-refractivity contribution in [3.8, 4) is 0 Å². The monoisotopic (exact) mass is 614 g/mol. The number of aliphatic hydroxyl groups is 2. The molecule has 6 nitrogen and oxygen atoms in total. The Morgan fingerprint density at radius 2 is 0.886 bits per heavy atom. The van der Waals surface area contributed by atoms with Crippen LogP contribution < -0.4 is 0 Å². The first-order valence-corrected chi connectivity index (χ1v) is 14.0. The van der Waals surface area contributed by atoms with E-state index in [-0.39, 0.29) is 50.8 Å². The highest BCUT2D eigenvalue weighted by Crippen LogP contribution is 2.19. The van der Waals surface area contributed by atoms with Crippen molar-refractivity contribution in [3.05, 3.63) is 143 Å². The second-order valence-corrected chi connectivity index (χ2v) is 10.2. The first-order chi connectivity index (χ1) is 21.3. The molecule has 2 N–H and O–H groups in total. The maximum absolute atomic E-state index is 14.3. The van der Waals surface area contributed by atoms with Crippen molar-refractivity contribution in [3.63, 3.8) is 0 Å². The zero-order valence-corrected chi connectivity index (χ0v) is 23.8. The van der Waals surface area contributed by atoms with Crippen LogP contribution in [0.1, 0.15) is 22.3 Å². The molecule has 44 heavy (non-hydrogen) atoms. The summed E-state index contributed by atoms with van der Waals surface area (Å²) in [5, 5.41) is 22.5. The Morgan fingerprint density at radius 3 is 1.25 bits per heavy atom. The molecule has 4 aromatic rings. The van der Waals surface area contributed by atoms with Gasteiger partial charge in [0.1, 0.15) is 47.7 Å². The second-order valence-electron chi connectivity index (χ2n) is 10.2. The van der Waals surface area contributed by atoms with Crippen molar-refractivity contribution in [1.29, 1.82) is 0 Å². The van der Waals surface area contributed by atoms with Crippen molar-refractivity contribution >= 4 is 0 Å². The van der Waals surface area contributed by atoms with Crippen LogP contribution >= 0.6 is 0 Å². The average Bonchev–Trinajstić information content (AvgIpc) is 3.02. The van der Waals surface area contributed by atoms with Crippen molar-refractivity contribution in [1.82, 2.24) is 0 Å². The van der Waals surface area contributed by atoms with E-state index in [0.29, 0.717) is 12.1 Å². The molecule has 0 aliphatic carbocycles. The number of rotatable bonds is 17. The molecule has 4 atom stereocenters. The summed E-state index contributed by atoms with van der Waals surface area (Å²) in [6.45, 7) is -0.796. The highest BCUT2D eigenvalue weighted by molar-refractivity contribution is 5.19. The maximum Gasteiger partial charge on any atom is 0.131 e. The zero-order chi connectivity index (χ0) is 31.3. The fourth-order valence-corrected chi connectivity index (χ4v) is 4.34. The molecule has 234 valence electrons. The van der Waals surface area contributed by atoms with E-state index in [4.69, 9.17) is 18.9 Å². The summed E-state index contributed by atoms with van der Waals surface area (Å²) in [6.07, 6.45) is -5.67. The third-order valence-corrected chi connectivity index (χ3v) is 6.84. The molecule has 0 saturated heterocycles. The fourth-order valence-electron chi connectivity index (χ4n) is 4.34. The zero-order valence-electron chi connectivity index (χ0n) is 23.8. The smallest absolute Gasteiger partial charge is 0.131 e. The molecule has 0 aliphatic heterocycles. The van der Waals surface area contributed by atoms with E-state index in [0.717, 1.165) is 23.3 Å². The van der Waals surface area contributed by atoms with Crippen LogP contribution in [0.2, 0.25) is 0 Å². The van der Waals surface area contributed by atoms with Crippen molar-refractivity contribution in [2.24, 2.45) is 0 Å². The van der Waals surface area contributed by atoms with Gasteiger partial charge >= 0.3 is 0 Å². The minimum Gasteiger partial charge on any atom is -0.388 e. The second kappa shape index (κ2) is 17.0. The van der Waals surface area contributed by atoms with Crippen molar-refractivity contribution in [2.45, 2.75) is 50.8 Å². The summed E-state index contributed by atoms with van der Waals surface area (Å²) in [5.41, 5.74) is 1.77. The Hall–Kier alpha value is -3.64. The molecule has 4 rings (SSSR count). The Morgan fingerprint density at radius 1 is 0.500 bits per heavy atom. The maximum atomic E-state index is 14.3.